The molecule has 2 amide bonds. The van der Waals surface area contributed by atoms with Crippen molar-refractivity contribution < 1.29 is 19.8 Å². The van der Waals surface area contributed by atoms with Crippen LogP contribution in [0.5, 0.6) is 0 Å². The lowest BCUT2D eigenvalue weighted by Gasteiger charge is -2.22. The Balaban J connectivity index is 2.48. The van der Waals surface area contributed by atoms with Crippen molar-refractivity contribution in [1.82, 2.24) is 15.2 Å². The van der Waals surface area contributed by atoms with E-state index in [1.165, 1.54) is 11.8 Å². The van der Waals surface area contributed by atoms with Crippen LogP contribution in [-0.2, 0) is 11.2 Å². The first-order valence-corrected chi connectivity index (χ1v) is 6.23. The zero-order chi connectivity index (χ0) is 15.1. The molecule has 0 aliphatic heterocycles. The molecule has 0 saturated carbocycles. The minimum absolute atomic E-state index is 0.433. The summed E-state index contributed by atoms with van der Waals surface area (Å²) in [6.45, 7) is 1.75. The maximum atomic E-state index is 11.8. The molecular formula is C13H19N3O4. The smallest absolute Gasteiger partial charge is 0.328 e. The van der Waals surface area contributed by atoms with Crippen molar-refractivity contribution in [2.45, 2.75) is 25.5 Å². The largest absolute Gasteiger partial charge is 0.480 e. The SMILES string of the molecule is CC(O)C(NC(=O)N(C)CCc1ccncc1)C(=O)O. The molecule has 1 heterocycles. The van der Waals surface area contributed by atoms with Gasteiger partial charge in [0.15, 0.2) is 6.04 Å². The number of carbonyl (C=O) groups is 2. The number of aliphatic carboxylic acids is 1. The van der Waals surface area contributed by atoms with E-state index in [0.29, 0.717) is 13.0 Å². The van der Waals surface area contributed by atoms with Crippen LogP contribution < -0.4 is 5.32 Å². The lowest BCUT2D eigenvalue weighted by atomic mass is 10.2. The van der Waals surface area contributed by atoms with Gasteiger partial charge in [0.25, 0.3) is 0 Å². The molecule has 1 aromatic rings. The first kappa shape index (κ1) is 15.9. The fourth-order valence-corrected chi connectivity index (χ4v) is 1.58. The number of carboxylic acid groups (broad SMARTS) is 1. The van der Waals surface area contributed by atoms with Crippen LogP contribution in [0.4, 0.5) is 4.79 Å². The second-order valence-corrected chi connectivity index (χ2v) is 4.53. The monoisotopic (exact) mass is 281 g/mol. The molecule has 3 N–H and O–H groups in total. The van der Waals surface area contributed by atoms with Gasteiger partial charge in [0, 0.05) is 26.0 Å². The third kappa shape index (κ3) is 4.85. The topological polar surface area (TPSA) is 103 Å². The number of aromatic nitrogens is 1. The molecule has 7 nitrogen and oxygen atoms in total. The van der Waals surface area contributed by atoms with Gasteiger partial charge in [-0.05, 0) is 31.0 Å². The average Bonchev–Trinajstić information content (AvgIpc) is 2.42. The normalized spacial score (nSPS) is 13.3. The molecule has 0 fully saturated rings. The van der Waals surface area contributed by atoms with Crippen molar-refractivity contribution in [3.63, 3.8) is 0 Å². The number of nitrogens with one attached hydrogen (secondary N) is 1. The Morgan fingerprint density at radius 3 is 2.50 bits per heavy atom. The molecule has 0 aromatic carbocycles. The standard InChI is InChI=1S/C13H19N3O4/c1-9(17)11(12(18)19)15-13(20)16(2)8-5-10-3-6-14-7-4-10/h3-4,6-7,9,11,17H,5,8H2,1-2H3,(H,15,20)(H,18,19). The zero-order valence-electron chi connectivity index (χ0n) is 11.5. The number of likely N-dealkylation sites (N-methyl/N-ethyl adjacent to an activating group) is 1. The Labute approximate surface area is 117 Å². The molecule has 1 rings (SSSR count). The van der Waals surface area contributed by atoms with Crippen LogP contribution in [0.25, 0.3) is 0 Å². The van der Waals surface area contributed by atoms with Gasteiger partial charge in [-0.15, -0.1) is 0 Å². The van der Waals surface area contributed by atoms with E-state index in [2.05, 4.69) is 10.3 Å². The van der Waals surface area contributed by atoms with E-state index < -0.39 is 24.1 Å². The summed E-state index contributed by atoms with van der Waals surface area (Å²) < 4.78 is 0. The molecule has 0 bridgehead atoms. The highest BCUT2D eigenvalue weighted by molar-refractivity contribution is 5.82. The van der Waals surface area contributed by atoms with Crippen molar-refractivity contribution in [1.29, 1.82) is 0 Å². The zero-order valence-corrected chi connectivity index (χ0v) is 11.5. The van der Waals surface area contributed by atoms with Gasteiger partial charge in [-0.2, -0.15) is 0 Å². The van der Waals surface area contributed by atoms with E-state index in [9.17, 15) is 14.7 Å². The number of carboxylic acids is 1. The Morgan fingerprint density at radius 2 is 2.00 bits per heavy atom. The Kier molecular flexibility index (Phi) is 5.92. The number of nitrogens with zero attached hydrogens (tertiary/aromatic N) is 2. The highest BCUT2D eigenvalue weighted by atomic mass is 16.4. The second-order valence-electron chi connectivity index (χ2n) is 4.53. The van der Waals surface area contributed by atoms with Crippen LogP contribution >= 0.6 is 0 Å². The summed E-state index contributed by atoms with van der Waals surface area (Å²) in [5.41, 5.74) is 1.03. The number of urea groups is 1. The van der Waals surface area contributed by atoms with E-state index in [-0.39, 0.29) is 0 Å². The summed E-state index contributed by atoms with van der Waals surface area (Å²) in [5.74, 6) is -1.27. The number of aliphatic hydroxyl groups is 1. The van der Waals surface area contributed by atoms with Crippen LogP contribution in [0.3, 0.4) is 0 Å². The fraction of sp³-hybridized carbons (Fsp3) is 0.462. The van der Waals surface area contributed by atoms with Crippen molar-refractivity contribution >= 4 is 12.0 Å². The predicted molar refractivity (Wildman–Crippen MR) is 72.2 cm³/mol. The summed E-state index contributed by atoms with van der Waals surface area (Å²) in [6, 6.07) is 1.85. The molecule has 7 heteroatoms. The third-order valence-electron chi connectivity index (χ3n) is 2.86. The Bertz CT molecular complexity index is 450. The summed E-state index contributed by atoms with van der Waals surface area (Å²) in [4.78, 5) is 28.0. The molecule has 0 aliphatic carbocycles. The molecular weight excluding hydrogens is 262 g/mol. The lowest BCUT2D eigenvalue weighted by Crippen LogP contribution is -2.51. The van der Waals surface area contributed by atoms with Gasteiger partial charge in [0.2, 0.25) is 0 Å². The molecule has 0 aliphatic rings. The van der Waals surface area contributed by atoms with Crippen molar-refractivity contribution in [3.8, 4) is 0 Å². The van der Waals surface area contributed by atoms with E-state index in [1.807, 2.05) is 12.1 Å². The van der Waals surface area contributed by atoms with E-state index in [1.54, 1.807) is 19.4 Å². The van der Waals surface area contributed by atoms with Gasteiger partial charge in [0.1, 0.15) is 0 Å². The number of carbonyl (C=O) groups excluding carboxylic acids is 1. The first-order valence-electron chi connectivity index (χ1n) is 6.23. The van der Waals surface area contributed by atoms with Gasteiger partial charge in [-0.25, -0.2) is 9.59 Å². The number of pyridine rings is 1. The molecule has 0 radical (unpaired) electrons. The Morgan fingerprint density at radius 1 is 1.40 bits per heavy atom. The Hall–Kier alpha value is -2.15. The van der Waals surface area contributed by atoms with Gasteiger partial charge < -0.3 is 20.4 Å². The van der Waals surface area contributed by atoms with Crippen molar-refractivity contribution in [3.05, 3.63) is 30.1 Å². The number of rotatable bonds is 6. The number of amides is 2. The second kappa shape index (κ2) is 7.44. The van der Waals surface area contributed by atoms with Crippen LogP contribution in [0.2, 0.25) is 0 Å². The highest BCUT2D eigenvalue weighted by Gasteiger charge is 2.26. The summed E-state index contributed by atoms with van der Waals surface area (Å²) >= 11 is 0. The number of hydrogen-bond donors (Lipinski definition) is 3. The van der Waals surface area contributed by atoms with Crippen molar-refractivity contribution in [2.75, 3.05) is 13.6 Å². The van der Waals surface area contributed by atoms with Crippen LogP contribution in [0, 0.1) is 0 Å². The molecule has 1 aromatic heterocycles. The molecule has 2 unspecified atom stereocenters. The highest BCUT2D eigenvalue weighted by Crippen LogP contribution is 2.00. The first-order chi connectivity index (χ1) is 9.41. The van der Waals surface area contributed by atoms with Gasteiger partial charge in [0.05, 0.1) is 6.10 Å². The number of hydrogen-bond acceptors (Lipinski definition) is 4. The summed E-state index contributed by atoms with van der Waals surface area (Å²) in [7, 11) is 1.57. The number of aliphatic hydroxyl groups excluding tert-OH is 1. The van der Waals surface area contributed by atoms with E-state index in [4.69, 9.17) is 5.11 Å². The van der Waals surface area contributed by atoms with Crippen LogP contribution in [0.15, 0.2) is 24.5 Å². The predicted octanol–water partition coefficient (Wildman–Crippen LogP) is 0.0995. The molecule has 110 valence electrons. The molecule has 20 heavy (non-hydrogen) atoms. The lowest BCUT2D eigenvalue weighted by molar-refractivity contribution is -0.141. The fourth-order valence-electron chi connectivity index (χ4n) is 1.58. The van der Waals surface area contributed by atoms with Crippen molar-refractivity contribution in [2.24, 2.45) is 0 Å². The molecule has 0 spiro atoms. The van der Waals surface area contributed by atoms with Gasteiger partial charge >= 0.3 is 12.0 Å². The molecule has 2 atom stereocenters. The minimum atomic E-state index is -1.31. The average molecular weight is 281 g/mol. The van der Waals surface area contributed by atoms with E-state index in [0.717, 1.165) is 5.56 Å². The van der Waals surface area contributed by atoms with Gasteiger partial charge in [-0.1, -0.05) is 0 Å². The summed E-state index contributed by atoms with van der Waals surface area (Å²) in [6.07, 6.45) is 2.82. The van der Waals surface area contributed by atoms with Crippen LogP contribution in [0.1, 0.15) is 12.5 Å². The summed E-state index contributed by atoms with van der Waals surface area (Å²) in [5, 5.41) is 20.5. The minimum Gasteiger partial charge on any atom is -0.480 e. The van der Waals surface area contributed by atoms with Crippen LogP contribution in [-0.4, -0.2) is 57.8 Å². The molecule has 0 saturated heterocycles. The third-order valence-corrected chi connectivity index (χ3v) is 2.86. The maximum absolute atomic E-state index is 11.8. The van der Waals surface area contributed by atoms with E-state index >= 15 is 0 Å². The maximum Gasteiger partial charge on any atom is 0.328 e. The quantitative estimate of drug-likeness (QED) is 0.686. The van der Waals surface area contributed by atoms with Gasteiger partial charge in [-0.3, -0.25) is 4.98 Å².